The van der Waals surface area contributed by atoms with Crippen LogP contribution >= 0.6 is 15.9 Å². The van der Waals surface area contributed by atoms with Crippen LogP contribution in [0.5, 0.6) is 5.88 Å². The van der Waals surface area contributed by atoms with Gasteiger partial charge in [0.05, 0.1) is 6.54 Å². The zero-order chi connectivity index (χ0) is 19.6. The van der Waals surface area contributed by atoms with Gasteiger partial charge in [0.1, 0.15) is 17.2 Å². The normalized spacial score (nSPS) is 20.1. The number of nitrogens with one attached hydrogen (secondary N) is 1. The number of likely N-dealkylation sites (N-methyl/N-ethyl adjacent to an activating group) is 1. The molecule has 27 heavy (non-hydrogen) atoms. The number of nitrogens with two attached hydrogens (primary N) is 1. The zero-order valence-electron chi connectivity index (χ0n) is 14.9. The first kappa shape index (κ1) is 19.2. The van der Waals surface area contributed by atoms with E-state index in [1.54, 1.807) is 18.2 Å². The number of carbonyl (C=O) groups excluding carboxylic acids is 1. The van der Waals surface area contributed by atoms with Gasteiger partial charge in [-0.25, -0.2) is 14.2 Å². The third-order valence-electron chi connectivity index (χ3n) is 4.09. The third-order valence-corrected chi connectivity index (χ3v) is 4.56. The van der Waals surface area contributed by atoms with Crippen molar-refractivity contribution in [3.63, 3.8) is 0 Å². The van der Waals surface area contributed by atoms with Gasteiger partial charge in [-0.2, -0.15) is 0 Å². The number of carbonyl (C=O) groups is 1. The molecule has 1 aliphatic rings. The van der Waals surface area contributed by atoms with Gasteiger partial charge in [-0.3, -0.25) is 15.2 Å². The Labute approximate surface area is 164 Å². The maximum atomic E-state index is 14.5. The number of hydrogen-bond acceptors (Lipinski definition) is 6. The number of halogens is 2. The van der Waals surface area contributed by atoms with Crippen molar-refractivity contribution in [2.45, 2.75) is 12.5 Å². The summed E-state index contributed by atoms with van der Waals surface area (Å²) < 4.78 is 20.4. The highest BCUT2D eigenvalue weighted by molar-refractivity contribution is 9.10. The minimum atomic E-state index is -0.851. The quantitative estimate of drug-likeness (QED) is 0.772. The lowest BCUT2D eigenvalue weighted by atomic mass is 9.90. The Balaban J connectivity index is 1.80. The van der Waals surface area contributed by atoms with E-state index in [1.165, 1.54) is 18.3 Å². The van der Waals surface area contributed by atoms with E-state index in [2.05, 4.69) is 31.2 Å². The zero-order valence-corrected chi connectivity index (χ0v) is 16.5. The number of amidine groups is 1. The fraction of sp³-hybridized carbons (Fsp3) is 0.278. The van der Waals surface area contributed by atoms with Gasteiger partial charge < -0.3 is 10.5 Å². The highest BCUT2D eigenvalue weighted by Gasteiger charge is 2.34. The van der Waals surface area contributed by atoms with Crippen LogP contribution < -0.4 is 15.8 Å². The van der Waals surface area contributed by atoms with Crippen LogP contribution in [0.3, 0.4) is 0 Å². The Morgan fingerprint density at radius 2 is 2.19 bits per heavy atom. The van der Waals surface area contributed by atoms with Crippen LogP contribution in [0.15, 0.2) is 46.0 Å². The predicted octanol–water partition coefficient (Wildman–Crippen LogP) is 3.11. The first-order chi connectivity index (χ1) is 12.7. The topological polar surface area (TPSA) is 92.8 Å². The van der Waals surface area contributed by atoms with Crippen molar-refractivity contribution in [1.82, 2.24) is 9.88 Å². The molecule has 3 N–H and O–H groups in total. The highest BCUT2D eigenvalue weighted by Crippen LogP contribution is 2.32. The molecule has 0 radical (unpaired) electrons. The van der Waals surface area contributed by atoms with Crippen molar-refractivity contribution in [3.05, 3.63) is 52.4 Å². The predicted molar refractivity (Wildman–Crippen MR) is 104 cm³/mol. The monoisotopic (exact) mass is 435 g/mol. The number of nitrogens with zero attached hydrogens (tertiary/aromatic N) is 3. The van der Waals surface area contributed by atoms with Gasteiger partial charge in [0, 0.05) is 34.5 Å². The Bertz CT molecular complexity index is 890. The fourth-order valence-electron chi connectivity index (χ4n) is 3.07. The molecule has 2 aromatic rings. The number of pyridine rings is 1. The molecule has 7 nitrogen and oxygen atoms in total. The summed E-state index contributed by atoms with van der Waals surface area (Å²) in [6.45, 7) is 2.84. The molecule has 1 atom stereocenters. The number of benzene rings is 1. The molecule has 2 heterocycles. The molecule has 1 aliphatic heterocycles. The van der Waals surface area contributed by atoms with Gasteiger partial charge in [0.25, 0.3) is 0 Å². The molecular weight excluding hydrogens is 417 g/mol. The van der Waals surface area contributed by atoms with E-state index >= 15 is 0 Å². The number of aromatic nitrogens is 1. The second kappa shape index (κ2) is 7.61. The van der Waals surface area contributed by atoms with Crippen molar-refractivity contribution < 1.29 is 13.9 Å². The average Bonchev–Trinajstić information content (AvgIpc) is 2.57. The van der Waals surface area contributed by atoms with Crippen molar-refractivity contribution >= 4 is 33.5 Å². The Morgan fingerprint density at radius 3 is 2.85 bits per heavy atom. The molecule has 3 rings (SSSR count). The summed E-state index contributed by atoms with van der Waals surface area (Å²) >= 11 is 3.25. The summed E-state index contributed by atoms with van der Waals surface area (Å²) in [6, 6.07) is 7.54. The van der Waals surface area contributed by atoms with Crippen LogP contribution in [0.1, 0.15) is 12.5 Å². The number of hydrogen-bond donors (Lipinski definition) is 2. The van der Waals surface area contributed by atoms with Crippen molar-refractivity contribution in [2.75, 3.05) is 25.5 Å². The van der Waals surface area contributed by atoms with E-state index in [4.69, 9.17) is 10.5 Å². The largest absolute Gasteiger partial charge is 0.418 e. The lowest BCUT2D eigenvalue weighted by molar-refractivity contribution is 0.213. The smallest absolute Gasteiger partial charge is 0.391 e. The first-order valence-corrected chi connectivity index (χ1v) is 8.98. The maximum absolute atomic E-state index is 14.5. The Kier molecular flexibility index (Phi) is 5.43. The molecule has 1 amide bonds. The lowest BCUT2D eigenvalue weighted by Crippen LogP contribution is -2.46. The summed E-state index contributed by atoms with van der Waals surface area (Å²) in [5.41, 5.74) is 5.77. The molecule has 1 unspecified atom stereocenters. The number of anilines is 1. The summed E-state index contributed by atoms with van der Waals surface area (Å²) in [7, 11) is 1.89. The van der Waals surface area contributed by atoms with Gasteiger partial charge in [-0.15, -0.1) is 0 Å². The molecule has 0 spiro atoms. The average molecular weight is 436 g/mol. The third kappa shape index (κ3) is 4.61. The Morgan fingerprint density at radius 1 is 1.41 bits per heavy atom. The van der Waals surface area contributed by atoms with E-state index in [9.17, 15) is 9.18 Å². The van der Waals surface area contributed by atoms with Crippen LogP contribution in [0, 0.1) is 5.82 Å². The van der Waals surface area contributed by atoms with E-state index in [1.807, 2.05) is 18.9 Å². The van der Waals surface area contributed by atoms with Gasteiger partial charge >= 0.3 is 6.09 Å². The first-order valence-electron chi connectivity index (χ1n) is 8.18. The minimum absolute atomic E-state index is 0.149. The molecule has 0 aliphatic carbocycles. The fourth-order valence-corrected chi connectivity index (χ4v) is 3.30. The summed E-state index contributed by atoms with van der Waals surface area (Å²) in [5.74, 6) is 0.166. The number of aliphatic imine (C=N–C) groups is 1. The summed E-state index contributed by atoms with van der Waals surface area (Å²) in [6.07, 6.45) is 0.790. The van der Waals surface area contributed by atoms with Crippen LogP contribution in [-0.2, 0) is 5.54 Å². The van der Waals surface area contributed by atoms with Crippen LogP contribution in [0.25, 0.3) is 0 Å². The molecule has 0 bridgehead atoms. The summed E-state index contributed by atoms with van der Waals surface area (Å²) in [5, 5.41) is 2.58. The van der Waals surface area contributed by atoms with Crippen molar-refractivity contribution in [2.24, 2.45) is 10.7 Å². The van der Waals surface area contributed by atoms with Gasteiger partial charge in [0.2, 0.25) is 5.88 Å². The molecule has 1 aromatic carbocycles. The Hall–Kier alpha value is -2.52. The minimum Gasteiger partial charge on any atom is -0.391 e. The second-order valence-corrected chi connectivity index (χ2v) is 7.49. The highest BCUT2D eigenvalue weighted by atomic mass is 79.9. The molecule has 1 aromatic heterocycles. The van der Waals surface area contributed by atoms with Crippen molar-refractivity contribution in [3.8, 4) is 5.88 Å². The maximum Gasteiger partial charge on any atom is 0.418 e. The SMILES string of the molecule is CN1CC(N)=NC(C)(c2cc(NC(=O)Oc3ccc(Br)cn3)ccc2F)C1. The van der Waals surface area contributed by atoms with Gasteiger partial charge in [-0.05, 0) is 54.2 Å². The van der Waals surface area contributed by atoms with E-state index < -0.39 is 17.4 Å². The molecular formula is C18H19BrFN5O2. The van der Waals surface area contributed by atoms with E-state index in [0.29, 0.717) is 30.2 Å². The summed E-state index contributed by atoms with van der Waals surface area (Å²) in [4.78, 5) is 22.5. The van der Waals surface area contributed by atoms with Crippen LogP contribution in [0.2, 0.25) is 0 Å². The van der Waals surface area contributed by atoms with E-state index in [0.717, 1.165) is 4.47 Å². The van der Waals surface area contributed by atoms with Gasteiger partial charge in [-0.1, -0.05) is 0 Å². The van der Waals surface area contributed by atoms with E-state index in [-0.39, 0.29) is 5.88 Å². The molecule has 142 valence electrons. The second-order valence-electron chi connectivity index (χ2n) is 6.57. The standard InChI is InChI=1S/C18H19BrFN5O2/c1-18(10-25(2)9-15(21)24-18)13-7-12(4-5-14(13)20)23-17(26)27-16-6-3-11(19)8-22-16/h3-8H,9-10H2,1-2H3,(H2,21,24)(H,23,26). The lowest BCUT2D eigenvalue weighted by Gasteiger charge is -2.36. The van der Waals surface area contributed by atoms with Crippen LogP contribution in [0.4, 0.5) is 14.9 Å². The molecule has 0 fully saturated rings. The van der Waals surface area contributed by atoms with Crippen molar-refractivity contribution in [1.29, 1.82) is 0 Å². The molecule has 0 saturated carbocycles. The number of amides is 1. The molecule has 9 heteroatoms. The van der Waals surface area contributed by atoms with Gasteiger partial charge in [0.15, 0.2) is 0 Å². The van der Waals surface area contributed by atoms with Crippen LogP contribution in [-0.4, -0.2) is 41.9 Å². The number of ether oxygens (including phenoxy) is 1. The number of rotatable bonds is 3. The molecule has 0 saturated heterocycles.